The van der Waals surface area contributed by atoms with Gasteiger partial charge in [0.05, 0.1) is 12.7 Å². The van der Waals surface area contributed by atoms with E-state index in [1.54, 1.807) is 0 Å². The molecule has 0 spiro atoms. The monoisotopic (exact) mass is 249 g/mol. The topological polar surface area (TPSA) is 32.7 Å². The minimum atomic E-state index is -0.511. The summed E-state index contributed by atoms with van der Waals surface area (Å²) in [6.07, 6.45) is 2.07. The van der Waals surface area contributed by atoms with Gasteiger partial charge in [-0.2, -0.15) is 0 Å². The lowest BCUT2D eigenvalue weighted by molar-refractivity contribution is -0.0398. The smallest absolute Gasteiger partial charge is 0.102 e. The van der Waals surface area contributed by atoms with Crippen LogP contribution in [0.2, 0.25) is 0 Å². The first kappa shape index (κ1) is 13.5. The average molecular weight is 249 g/mol. The molecule has 3 heteroatoms. The summed E-state index contributed by atoms with van der Waals surface area (Å²) in [5.74, 6) is 0. The summed E-state index contributed by atoms with van der Waals surface area (Å²) in [7, 11) is 0. The lowest BCUT2D eigenvalue weighted by atomic mass is 10.1. The summed E-state index contributed by atoms with van der Waals surface area (Å²) in [6.45, 7) is 5.84. The molecule has 0 radical (unpaired) electrons. The SMILES string of the molecule is CCN1CCCC(OCC(O)c2ccccc2)C1. The van der Waals surface area contributed by atoms with Crippen LogP contribution in [0.3, 0.4) is 0 Å². The highest BCUT2D eigenvalue weighted by atomic mass is 16.5. The normalized spacial score (nSPS) is 22.9. The summed E-state index contributed by atoms with van der Waals surface area (Å²) in [4.78, 5) is 2.41. The van der Waals surface area contributed by atoms with E-state index in [0.717, 1.165) is 25.1 Å². The molecule has 0 bridgehead atoms. The second-order valence-corrected chi connectivity index (χ2v) is 4.92. The molecule has 1 heterocycles. The van der Waals surface area contributed by atoms with Gasteiger partial charge in [-0.05, 0) is 31.5 Å². The highest BCUT2D eigenvalue weighted by molar-refractivity contribution is 5.17. The number of ether oxygens (including phenoxy) is 1. The summed E-state index contributed by atoms with van der Waals surface area (Å²) >= 11 is 0. The molecular formula is C15H23NO2. The van der Waals surface area contributed by atoms with Crippen LogP contribution in [0.15, 0.2) is 30.3 Å². The van der Waals surface area contributed by atoms with Gasteiger partial charge in [-0.25, -0.2) is 0 Å². The van der Waals surface area contributed by atoms with Crippen LogP contribution in [-0.2, 0) is 4.74 Å². The lowest BCUT2D eigenvalue weighted by Crippen LogP contribution is -2.39. The Balaban J connectivity index is 1.77. The van der Waals surface area contributed by atoms with Crippen molar-refractivity contribution in [3.05, 3.63) is 35.9 Å². The van der Waals surface area contributed by atoms with Gasteiger partial charge in [-0.15, -0.1) is 0 Å². The van der Waals surface area contributed by atoms with Crippen LogP contribution in [0.5, 0.6) is 0 Å². The molecule has 2 rings (SSSR count). The highest BCUT2D eigenvalue weighted by Gasteiger charge is 2.20. The molecule has 1 aliphatic rings. The molecule has 2 unspecified atom stereocenters. The van der Waals surface area contributed by atoms with E-state index < -0.39 is 6.10 Å². The number of hydrogen-bond donors (Lipinski definition) is 1. The Morgan fingerprint density at radius 2 is 2.17 bits per heavy atom. The molecule has 1 aromatic rings. The number of hydrogen-bond acceptors (Lipinski definition) is 3. The van der Waals surface area contributed by atoms with Crippen molar-refractivity contribution >= 4 is 0 Å². The van der Waals surface area contributed by atoms with Crippen LogP contribution in [0.25, 0.3) is 0 Å². The van der Waals surface area contributed by atoms with E-state index in [-0.39, 0.29) is 6.10 Å². The van der Waals surface area contributed by atoms with Gasteiger partial charge in [0.25, 0.3) is 0 Å². The minimum absolute atomic E-state index is 0.275. The average Bonchev–Trinajstić information content (AvgIpc) is 2.46. The third kappa shape index (κ3) is 3.80. The third-order valence-corrected chi connectivity index (χ3v) is 3.58. The number of nitrogens with zero attached hydrogens (tertiary/aromatic N) is 1. The highest BCUT2D eigenvalue weighted by Crippen LogP contribution is 2.17. The van der Waals surface area contributed by atoms with Crippen LogP contribution >= 0.6 is 0 Å². The fourth-order valence-electron chi connectivity index (χ4n) is 2.44. The maximum atomic E-state index is 10.0. The third-order valence-electron chi connectivity index (χ3n) is 3.58. The van der Waals surface area contributed by atoms with Gasteiger partial charge in [-0.1, -0.05) is 37.3 Å². The zero-order valence-corrected chi connectivity index (χ0v) is 11.1. The molecule has 1 aromatic carbocycles. The zero-order valence-electron chi connectivity index (χ0n) is 11.1. The number of aliphatic hydroxyl groups is 1. The van der Waals surface area contributed by atoms with Crippen molar-refractivity contribution in [2.75, 3.05) is 26.2 Å². The lowest BCUT2D eigenvalue weighted by Gasteiger charge is -2.32. The minimum Gasteiger partial charge on any atom is -0.386 e. The molecule has 0 aromatic heterocycles. The van der Waals surface area contributed by atoms with Gasteiger partial charge >= 0.3 is 0 Å². The molecule has 18 heavy (non-hydrogen) atoms. The van der Waals surface area contributed by atoms with Crippen molar-refractivity contribution in [1.29, 1.82) is 0 Å². The fraction of sp³-hybridized carbons (Fsp3) is 0.600. The summed E-state index contributed by atoms with van der Waals surface area (Å²) < 4.78 is 5.84. The van der Waals surface area contributed by atoms with Gasteiger partial charge in [0.2, 0.25) is 0 Å². The largest absolute Gasteiger partial charge is 0.386 e. The maximum Gasteiger partial charge on any atom is 0.102 e. The van der Waals surface area contributed by atoms with Crippen molar-refractivity contribution in [2.24, 2.45) is 0 Å². The molecule has 100 valence electrons. The summed E-state index contributed by atoms with van der Waals surface area (Å²) in [5, 5.41) is 10.0. The second kappa shape index (κ2) is 6.88. The first-order chi connectivity index (χ1) is 8.79. The van der Waals surface area contributed by atoms with Crippen molar-refractivity contribution in [3.63, 3.8) is 0 Å². The van der Waals surface area contributed by atoms with E-state index in [4.69, 9.17) is 4.74 Å². The van der Waals surface area contributed by atoms with Crippen LogP contribution in [0, 0.1) is 0 Å². The van der Waals surface area contributed by atoms with E-state index in [0.29, 0.717) is 6.61 Å². The quantitative estimate of drug-likeness (QED) is 0.868. The number of likely N-dealkylation sites (N-methyl/N-ethyl adjacent to an activating group) is 1. The Labute approximate surface area is 109 Å². The molecule has 3 nitrogen and oxygen atoms in total. The van der Waals surface area contributed by atoms with Gasteiger partial charge in [-0.3, -0.25) is 0 Å². The molecular weight excluding hydrogens is 226 g/mol. The maximum absolute atomic E-state index is 10.0. The van der Waals surface area contributed by atoms with Gasteiger partial charge < -0.3 is 14.7 Å². The van der Waals surface area contributed by atoms with Crippen LogP contribution in [0.4, 0.5) is 0 Å². The van der Waals surface area contributed by atoms with E-state index in [1.807, 2.05) is 30.3 Å². The van der Waals surface area contributed by atoms with E-state index >= 15 is 0 Å². The van der Waals surface area contributed by atoms with Crippen LogP contribution in [0.1, 0.15) is 31.4 Å². The van der Waals surface area contributed by atoms with Crippen molar-refractivity contribution < 1.29 is 9.84 Å². The molecule has 0 aliphatic carbocycles. The van der Waals surface area contributed by atoms with Crippen LogP contribution < -0.4 is 0 Å². The molecule has 1 aliphatic heterocycles. The Kier molecular flexibility index (Phi) is 5.17. The molecule has 1 fully saturated rings. The second-order valence-electron chi connectivity index (χ2n) is 4.92. The standard InChI is InChI=1S/C15H23NO2/c1-2-16-10-6-9-14(11-16)18-12-15(17)13-7-4-3-5-8-13/h3-5,7-8,14-15,17H,2,6,9-12H2,1H3. The van der Waals surface area contributed by atoms with E-state index in [9.17, 15) is 5.11 Å². The van der Waals surface area contributed by atoms with Crippen molar-refractivity contribution in [3.8, 4) is 0 Å². The fourth-order valence-corrected chi connectivity index (χ4v) is 2.44. The number of benzene rings is 1. The predicted octanol–water partition coefficient (Wildman–Crippen LogP) is 2.22. The first-order valence-corrected chi connectivity index (χ1v) is 6.86. The Hall–Kier alpha value is -0.900. The van der Waals surface area contributed by atoms with Crippen molar-refractivity contribution in [2.45, 2.75) is 32.0 Å². The number of piperidine rings is 1. The Morgan fingerprint density at radius 1 is 1.39 bits per heavy atom. The number of likely N-dealkylation sites (tertiary alicyclic amines) is 1. The summed E-state index contributed by atoms with van der Waals surface area (Å²) in [6, 6.07) is 9.72. The van der Waals surface area contributed by atoms with Gasteiger partial charge in [0, 0.05) is 6.54 Å². The molecule has 0 saturated carbocycles. The molecule has 1 saturated heterocycles. The van der Waals surface area contributed by atoms with Gasteiger partial charge in [0.15, 0.2) is 0 Å². The van der Waals surface area contributed by atoms with Crippen LogP contribution in [-0.4, -0.2) is 42.4 Å². The van der Waals surface area contributed by atoms with Gasteiger partial charge in [0.1, 0.15) is 6.10 Å². The molecule has 1 N–H and O–H groups in total. The first-order valence-electron chi connectivity index (χ1n) is 6.86. The molecule has 0 amide bonds. The predicted molar refractivity (Wildman–Crippen MR) is 72.5 cm³/mol. The van der Waals surface area contributed by atoms with Crippen molar-refractivity contribution in [1.82, 2.24) is 4.90 Å². The summed E-state index contributed by atoms with van der Waals surface area (Å²) in [5.41, 5.74) is 0.931. The Bertz CT molecular complexity index is 342. The van der Waals surface area contributed by atoms with E-state index in [2.05, 4.69) is 11.8 Å². The number of rotatable bonds is 5. The molecule has 2 atom stereocenters. The van der Waals surface area contributed by atoms with E-state index in [1.165, 1.54) is 13.0 Å². The zero-order chi connectivity index (χ0) is 12.8. The number of aliphatic hydroxyl groups excluding tert-OH is 1. The Morgan fingerprint density at radius 3 is 2.89 bits per heavy atom.